The number of phenols is 1. The molecule has 0 aliphatic carbocycles. The molecule has 1 aromatic carbocycles. The third kappa shape index (κ3) is 3.01. The molecule has 0 amide bonds. The van der Waals surface area contributed by atoms with E-state index in [2.05, 4.69) is 15.2 Å². The van der Waals surface area contributed by atoms with Crippen molar-refractivity contribution in [2.24, 2.45) is 10.2 Å². The van der Waals surface area contributed by atoms with Crippen LogP contribution in [0.1, 0.15) is 35.8 Å². The smallest absolute Gasteiger partial charge is 0.339 e. The van der Waals surface area contributed by atoms with E-state index in [0.29, 0.717) is 17.2 Å². The first-order chi connectivity index (χ1) is 11.9. The Morgan fingerprint density at radius 1 is 1.16 bits per heavy atom. The molecule has 0 atom stereocenters. The Bertz CT molecular complexity index is 992. The molecule has 0 aliphatic rings. The van der Waals surface area contributed by atoms with Crippen LogP contribution in [0.5, 0.6) is 11.5 Å². The number of aromatic hydroxyl groups is 2. The van der Waals surface area contributed by atoms with Crippen LogP contribution in [-0.4, -0.2) is 30.7 Å². The van der Waals surface area contributed by atoms with Gasteiger partial charge in [-0.2, -0.15) is 0 Å². The Kier molecular flexibility index (Phi) is 4.10. The zero-order valence-electron chi connectivity index (χ0n) is 13.6. The summed E-state index contributed by atoms with van der Waals surface area (Å²) in [5.41, 5.74) is 1.05. The number of carbonyl (C=O) groups is 1. The van der Waals surface area contributed by atoms with Crippen molar-refractivity contribution in [1.29, 1.82) is 0 Å². The van der Waals surface area contributed by atoms with E-state index in [-0.39, 0.29) is 28.7 Å². The first-order valence-corrected chi connectivity index (χ1v) is 7.56. The van der Waals surface area contributed by atoms with Crippen LogP contribution in [0.2, 0.25) is 0 Å². The minimum atomic E-state index is -1.25. The van der Waals surface area contributed by atoms with Crippen LogP contribution in [0, 0.1) is 0 Å². The molecular weight excluding hydrogens is 324 g/mol. The Balaban J connectivity index is 2.10. The van der Waals surface area contributed by atoms with Gasteiger partial charge >= 0.3 is 5.97 Å². The Morgan fingerprint density at radius 3 is 2.60 bits per heavy atom. The summed E-state index contributed by atoms with van der Waals surface area (Å²) in [6.07, 6.45) is 1.71. The molecule has 3 N–H and O–H groups in total. The van der Waals surface area contributed by atoms with Gasteiger partial charge in [-0.05, 0) is 36.2 Å². The van der Waals surface area contributed by atoms with E-state index in [1.807, 2.05) is 13.8 Å². The lowest BCUT2D eigenvalue weighted by Crippen LogP contribution is -1.95. The molecule has 128 valence electrons. The summed E-state index contributed by atoms with van der Waals surface area (Å²) >= 11 is 0. The lowest BCUT2D eigenvalue weighted by atomic mass is 10.1. The monoisotopic (exact) mass is 340 g/mol. The third-order valence-electron chi connectivity index (χ3n) is 3.65. The van der Waals surface area contributed by atoms with Crippen LogP contribution in [0.4, 0.5) is 11.5 Å². The van der Waals surface area contributed by atoms with Crippen molar-refractivity contribution < 1.29 is 20.1 Å². The number of nitrogens with zero attached hydrogens (tertiary/aromatic N) is 4. The molecule has 8 heteroatoms. The van der Waals surface area contributed by atoms with Gasteiger partial charge in [-0.15, -0.1) is 10.2 Å². The van der Waals surface area contributed by atoms with Crippen molar-refractivity contribution in [2.45, 2.75) is 19.8 Å². The number of hydrogen-bond acceptors (Lipinski definition) is 6. The van der Waals surface area contributed by atoms with Crippen LogP contribution in [0.15, 0.2) is 46.8 Å². The van der Waals surface area contributed by atoms with Crippen molar-refractivity contribution >= 4 is 23.1 Å². The fourth-order valence-corrected chi connectivity index (χ4v) is 2.41. The van der Waals surface area contributed by atoms with Crippen molar-refractivity contribution in [3.63, 3.8) is 0 Å². The normalized spacial score (nSPS) is 11.6. The highest BCUT2D eigenvalue weighted by molar-refractivity contribution is 5.91. The SMILES string of the molecule is CC(C)c1nc2c(O)cccn2c1N=Nc1ccc(O)c(C(=O)O)c1. The van der Waals surface area contributed by atoms with E-state index in [0.717, 1.165) is 0 Å². The van der Waals surface area contributed by atoms with Crippen LogP contribution in [-0.2, 0) is 0 Å². The molecule has 25 heavy (non-hydrogen) atoms. The number of imidazole rings is 1. The zero-order chi connectivity index (χ0) is 18.1. The van der Waals surface area contributed by atoms with E-state index >= 15 is 0 Å². The number of carboxylic acid groups (broad SMARTS) is 1. The number of pyridine rings is 1. The quantitative estimate of drug-likeness (QED) is 0.620. The summed E-state index contributed by atoms with van der Waals surface area (Å²) in [7, 11) is 0. The number of azo groups is 1. The molecular formula is C17H16N4O4. The molecule has 2 heterocycles. The van der Waals surface area contributed by atoms with Gasteiger partial charge in [-0.25, -0.2) is 9.78 Å². The molecule has 8 nitrogen and oxygen atoms in total. The van der Waals surface area contributed by atoms with Crippen LogP contribution >= 0.6 is 0 Å². The number of carboxylic acids is 1. The standard InChI is InChI=1S/C17H16N4O4/c1-9(2)14-16(21-7-3-4-13(23)15(21)18-14)20-19-10-5-6-12(22)11(8-10)17(24)25/h3-9,22-23H,1-2H3,(H,24,25). The van der Waals surface area contributed by atoms with Crippen LogP contribution < -0.4 is 0 Å². The van der Waals surface area contributed by atoms with E-state index in [9.17, 15) is 15.0 Å². The summed E-state index contributed by atoms with van der Waals surface area (Å²) < 4.78 is 1.62. The summed E-state index contributed by atoms with van der Waals surface area (Å²) in [5, 5.41) is 36.8. The minimum absolute atomic E-state index is 0.0312. The van der Waals surface area contributed by atoms with Crippen molar-refractivity contribution in [3.8, 4) is 11.5 Å². The Hall–Kier alpha value is -3.42. The lowest BCUT2D eigenvalue weighted by molar-refractivity contribution is 0.0693. The van der Waals surface area contributed by atoms with Crippen molar-refractivity contribution in [2.75, 3.05) is 0 Å². The van der Waals surface area contributed by atoms with Gasteiger partial charge in [0.05, 0.1) is 11.4 Å². The van der Waals surface area contributed by atoms with Gasteiger partial charge in [0.1, 0.15) is 11.3 Å². The van der Waals surface area contributed by atoms with Gasteiger partial charge in [-0.1, -0.05) is 13.8 Å². The molecule has 2 aromatic heterocycles. The molecule has 3 rings (SSSR count). The number of hydrogen-bond donors (Lipinski definition) is 3. The minimum Gasteiger partial charge on any atom is -0.507 e. The maximum Gasteiger partial charge on any atom is 0.339 e. The van der Waals surface area contributed by atoms with Crippen molar-refractivity contribution in [1.82, 2.24) is 9.38 Å². The molecule has 0 bridgehead atoms. The summed E-state index contributed by atoms with van der Waals surface area (Å²) in [5.74, 6) is -1.07. The maximum absolute atomic E-state index is 11.1. The van der Waals surface area contributed by atoms with Gasteiger partial charge in [-0.3, -0.25) is 4.40 Å². The molecule has 0 radical (unpaired) electrons. The highest BCUT2D eigenvalue weighted by Crippen LogP contribution is 2.32. The topological polar surface area (TPSA) is 120 Å². The summed E-state index contributed by atoms with van der Waals surface area (Å²) in [6.45, 7) is 3.89. The molecule has 0 unspecified atom stereocenters. The second-order valence-electron chi connectivity index (χ2n) is 5.77. The van der Waals surface area contributed by atoms with Crippen LogP contribution in [0.25, 0.3) is 5.65 Å². The number of aromatic nitrogens is 2. The maximum atomic E-state index is 11.1. The van der Waals surface area contributed by atoms with Gasteiger partial charge in [0.2, 0.25) is 0 Å². The average molecular weight is 340 g/mol. The van der Waals surface area contributed by atoms with E-state index in [4.69, 9.17) is 5.11 Å². The lowest BCUT2D eigenvalue weighted by Gasteiger charge is -2.02. The number of aromatic carboxylic acids is 1. The van der Waals surface area contributed by atoms with E-state index in [1.54, 1.807) is 16.7 Å². The van der Waals surface area contributed by atoms with Gasteiger partial charge in [0, 0.05) is 6.20 Å². The fourth-order valence-electron chi connectivity index (χ4n) is 2.41. The first kappa shape index (κ1) is 16.4. The van der Waals surface area contributed by atoms with Gasteiger partial charge < -0.3 is 15.3 Å². The Labute approximate surface area is 142 Å². The highest BCUT2D eigenvalue weighted by atomic mass is 16.4. The Morgan fingerprint density at radius 2 is 1.92 bits per heavy atom. The predicted octanol–water partition coefficient (Wildman–Crippen LogP) is 3.98. The van der Waals surface area contributed by atoms with Crippen molar-refractivity contribution in [3.05, 3.63) is 47.8 Å². The highest BCUT2D eigenvalue weighted by Gasteiger charge is 2.17. The zero-order valence-corrected chi connectivity index (χ0v) is 13.6. The largest absolute Gasteiger partial charge is 0.507 e. The summed E-state index contributed by atoms with van der Waals surface area (Å²) in [4.78, 5) is 15.5. The fraction of sp³-hybridized carbons (Fsp3) is 0.176. The molecule has 0 aliphatic heterocycles. The molecule has 0 saturated carbocycles. The van der Waals surface area contributed by atoms with Gasteiger partial charge in [0.25, 0.3) is 0 Å². The van der Waals surface area contributed by atoms with E-state index in [1.165, 1.54) is 24.3 Å². The predicted molar refractivity (Wildman–Crippen MR) is 90.2 cm³/mol. The second-order valence-corrected chi connectivity index (χ2v) is 5.77. The number of benzene rings is 1. The third-order valence-corrected chi connectivity index (χ3v) is 3.65. The molecule has 3 aromatic rings. The second kappa shape index (κ2) is 6.23. The van der Waals surface area contributed by atoms with E-state index < -0.39 is 5.97 Å². The molecule has 0 spiro atoms. The molecule has 0 fully saturated rings. The first-order valence-electron chi connectivity index (χ1n) is 7.56. The number of rotatable bonds is 4. The van der Waals surface area contributed by atoms with Gasteiger partial charge in [0.15, 0.2) is 17.2 Å². The van der Waals surface area contributed by atoms with Crippen LogP contribution in [0.3, 0.4) is 0 Å². The average Bonchev–Trinajstić information content (AvgIpc) is 2.94. The number of fused-ring (bicyclic) bond motifs is 1. The summed E-state index contributed by atoms with van der Waals surface area (Å²) in [6, 6.07) is 7.14. The molecule has 0 saturated heterocycles.